The zero-order chi connectivity index (χ0) is 9.84. The standard InChI is InChI=1S/C10H16N2O/c1-8(2)7-11-9-4-5-12(3)10(13)6-9/h4-6,8,11H,7H2,1-3H3. The molecule has 0 fully saturated rings. The first kappa shape index (κ1) is 9.84. The number of hydrogen-bond donors (Lipinski definition) is 1. The average Bonchev–Trinajstić information content (AvgIpc) is 2.07. The van der Waals surface area contributed by atoms with Crippen molar-refractivity contribution in [3.8, 4) is 0 Å². The van der Waals surface area contributed by atoms with E-state index in [4.69, 9.17) is 0 Å². The molecule has 0 radical (unpaired) electrons. The monoisotopic (exact) mass is 180 g/mol. The SMILES string of the molecule is CC(C)CNc1ccn(C)c(=O)c1. The molecule has 1 aromatic rings. The van der Waals surface area contributed by atoms with Gasteiger partial charge in [-0.05, 0) is 12.0 Å². The van der Waals surface area contributed by atoms with E-state index >= 15 is 0 Å². The Bertz CT molecular complexity index is 328. The van der Waals surface area contributed by atoms with E-state index in [2.05, 4.69) is 19.2 Å². The molecule has 0 saturated heterocycles. The molecule has 3 nitrogen and oxygen atoms in total. The van der Waals surface area contributed by atoms with E-state index in [-0.39, 0.29) is 5.56 Å². The molecule has 0 atom stereocenters. The van der Waals surface area contributed by atoms with Crippen LogP contribution in [0.25, 0.3) is 0 Å². The summed E-state index contributed by atoms with van der Waals surface area (Å²) in [4.78, 5) is 11.2. The molecular formula is C10H16N2O. The highest BCUT2D eigenvalue weighted by atomic mass is 16.1. The van der Waals surface area contributed by atoms with Gasteiger partial charge in [-0.15, -0.1) is 0 Å². The summed E-state index contributed by atoms with van der Waals surface area (Å²) in [5.41, 5.74) is 0.922. The van der Waals surface area contributed by atoms with Crippen molar-refractivity contribution in [1.29, 1.82) is 0 Å². The van der Waals surface area contributed by atoms with Gasteiger partial charge in [0.1, 0.15) is 0 Å². The van der Waals surface area contributed by atoms with Gasteiger partial charge in [0.2, 0.25) is 0 Å². The van der Waals surface area contributed by atoms with Crippen LogP contribution in [0.2, 0.25) is 0 Å². The van der Waals surface area contributed by atoms with E-state index in [0.29, 0.717) is 5.92 Å². The Balaban J connectivity index is 2.69. The van der Waals surface area contributed by atoms with E-state index in [0.717, 1.165) is 12.2 Å². The number of rotatable bonds is 3. The lowest BCUT2D eigenvalue weighted by molar-refractivity contribution is 0.688. The molecule has 3 heteroatoms. The van der Waals surface area contributed by atoms with Crippen molar-refractivity contribution in [2.45, 2.75) is 13.8 Å². The van der Waals surface area contributed by atoms with Crippen LogP contribution in [0.15, 0.2) is 23.1 Å². The van der Waals surface area contributed by atoms with Crippen LogP contribution in [0.5, 0.6) is 0 Å². The molecule has 1 rings (SSSR count). The number of pyridine rings is 1. The second-order valence-electron chi connectivity index (χ2n) is 3.64. The normalized spacial score (nSPS) is 10.5. The fourth-order valence-corrected chi connectivity index (χ4v) is 0.980. The van der Waals surface area contributed by atoms with Gasteiger partial charge in [-0.2, -0.15) is 0 Å². The summed E-state index contributed by atoms with van der Waals surface area (Å²) in [7, 11) is 1.74. The summed E-state index contributed by atoms with van der Waals surface area (Å²) >= 11 is 0. The predicted octanol–water partition coefficient (Wildman–Crippen LogP) is 1.45. The average molecular weight is 180 g/mol. The summed E-state index contributed by atoms with van der Waals surface area (Å²) in [6.45, 7) is 5.16. The number of aryl methyl sites for hydroxylation is 1. The lowest BCUT2D eigenvalue weighted by atomic mass is 10.2. The molecular weight excluding hydrogens is 164 g/mol. The quantitative estimate of drug-likeness (QED) is 0.764. The second kappa shape index (κ2) is 4.12. The molecule has 0 unspecified atom stereocenters. The van der Waals surface area contributed by atoms with Crippen molar-refractivity contribution in [2.24, 2.45) is 13.0 Å². The first-order valence-corrected chi connectivity index (χ1v) is 4.50. The number of nitrogens with zero attached hydrogens (tertiary/aromatic N) is 1. The first-order chi connectivity index (χ1) is 6.09. The highest BCUT2D eigenvalue weighted by molar-refractivity contribution is 5.40. The Labute approximate surface area is 78.4 Å². The Hall–Kier alpha value is -1.25. The van der Waals surface area contributed by atoms with Gasteiger partial charge in [0.05, 0.1) is 0 Å². The highest BCUT2D eigenvalue weighted by Gasteiger charge is 1.96. The van der Waals surface area contributed by atoms with Crippen LogP contribution in [-0.4, -0.2) is 11.1 Å². The van der Waals surface area contributed by atoms with Crippen LogP contribution in [0.1, 0.15) is 13.8 Å². The molecule has 0 aliphatic heterocycles. The van der Waals surface area contributed by atoms with Gasteiger partial charge >= 0.3 is 0 Å². The predicted molar refractivity (Wildman–Crippen MR) is 55.0 cm³/mol. The van der Waals surface area contributed by atoms with Crippen LogP contribution in [0.4, 0.5) is 5.69 Å². The highest BCUT2D eigenvalue weighted by Crippen LogP contribution is 2.02. The summed E-state index contributed by atoms with van der Waals surface area (Å²) in [6.07, 6.45) is 1.77. The maximum Gasteiger partial charge on any atom is 0.252 e. The minimum atomic E-state index is 0.0220. The van der Waals surface area contributed by atoms with E-state index in [9.17, 15) is 4.79 Å². The Morgan fingerprint density at radius 3 is 2.77 bits per heavy atom. The Morgan fingerprint density at radius 1 is 1.54 bits per heavy atom. The molecule has 0 bridgehead atoms. The molecule has 72 valence electrons. The molecule has 13 heavy (non-hydrogen) atoms. The van der Waals surface area contributed by atoms with Crippen LogP contribution >= 0.6 is 0 Å². The van der Waals surface area contributed by atoms with Gasteiger partial charge in [-0.1, -0.05) is 13.8 Å². The third kappa shape index (κ3) is 2.93. The van der Waals surface area contributed by atoms with E-state index in [1.807, 2.05) is 6.07 Å². The summed E-state index contributed by atoms with van der Waals surface area (Å²) in [6, 6.07) is 3.52. The number of anilines is 1. The number of hydrogen-bond acceptors (Lipinski definition) is 2. The van der Waals surface area contributed by atoms with Gasteiger partial charge in [0, 0.05) is 31.5 Å². The minimum absolute atomic E-state index is 0.0220. The van der Waals surface area contributed by atoms with Crippen LogP contribution in [0, 0.1) is 5.92 Å². The third-order valence-electron chi connectivity index (χ3n) is 1.82. The van der Waals surface area contributed by atoms with E-state index in [1.165, 1.54) is 0 Å². The molecule has 1 heterocycles. The largest absolute Gasteiger partial charge is 0.385 e. The Morgan fingerprint density at radius 2 is 2.23 bits per heavy atom. The second-order valence-corrected chi connectivity index (χ2v) is 3.64. The summed E-state index contributed by atoms with van der Waals surface area (Å²) in [5, 5.41) is 3.20. The molecule has 1 N–H and O–H groups in total. The van der Waals surface area contributed by atoms with Gasteiger partial charge in [0.25, 0.3) is 5.56 Å². The zero-order valence-electron chi connectivity index (χ0n) is 8.37. The summed E-state index contributed by atoms with van der Waals surface area (Å²) in [5.74, 6) is 0.587. The molecule has 1 aromatic heterocycles. The third-order valence-corrected chi connectivity index (χ3v) is 1.82. The minimum Gasteiger partial charge on any atom is -0.385 e. The number of aromatic nitrogens is 1. The Kier molecular flexibility index (Phi) is 3.12. The molecule has 0 amide bonds. The fraction of sp³-hybridized carbons (Fsp3) is 0.500. The summed E-state index contributed by atoms with van der Waals surface area (Å²) < 4.78 is 1.56. The van der Waals surface area contributed by atoms with Gasteiger partial charge in [0.15, 0.2) is 0 Å². The maximum atomic E-state index is 11.2. The lowest BCUT2D eigenvalue weighted by Crippen LogP contribution is -2.16. The zero-order valence-corrected chi connectivity index (χ0v) is 8.37. The van der Waals surface area contributed by atoms with Crippen LogP contribution in [0.3, 0.4) is 0 Å². The lowest BCUT2D eigenvalue weighted by Gasteiger charge is -2.08. The molecule has 0 aliphatic rings. The van der Waals surface area contributed by atoms with Crippen LogP contribution in [-0.2, 0) is 7.05 Å². The number of nitrogens with one attached hydrogen (secondary N) is 1. The van der Waals surface area contributed by atoms with Gasteiger partial charge in [-0.25, -0.2) is 0 Å². The maximum absolute atomic E-state index is 11.2. The van der Waals surface area contributed by atoms with E-state index < -0.39 is 0 Å². The van der Waals surface area contributed by atoms with Crippen molar-refractivity contribution < 1.29 is 0 Å². The molecule has 0 aromatic carbocycles. The van der Waals surface area contributed by atoms with Crippen molar-refractivity contribution >= 4 is 5.69 Å². The van der Waals surface area contributed by atoms with Crippen molar-refractivity contribution in [3.05, 3.63) is 28.7 Å². The molecule has 0 spiro atoms. The van der Waals surface area contributed by atoms with Crippen LogP contribution < -0.4 is 10.9 Å². The van der Waals surface area contributed by atoms with Crippen molar-refractivity contribution in [2.75, 3.05) is 11.9 Å². The van der Waals surface area contributed by atoms with Gasteiger partial charge in [-0.3, -0.25) is 4.79 Å². The van der Waals surface area contributed by atoms with Crippen molar-refractivity contribution in [1.82, 2.24) is 4.57 Å². The van der Waals surface area contributed by atoms with Gasteiger partial charge < -0.3 is 9.88 Å². The fourth-order valence-electron chi connectivity index (χ4n) is 0.980. The molecule has 0 aliphatic carbocycles. The molecule has 0 saturated carbocycles. The van der Waals surface area contributed by atoms with Crippen molar-refractivity contribution in [3.63, 3.8) is 0 Å². The van der Waals surface area contributed by atoms with E-state index in [1.54, 1.807) is 23.9 Å². The first-order valence-electron chi connectivity index (χ1n) is 4.50. The smallest absolute Gasteiger partial charge is 0.252 e. The topological polar surface area (TPSA) is 34.0 Å².